The van der Waals surface area contributed by atoms with Gasteiger partial charge in [-0.3, -0.25) is 0 Å². The normalized spacial score (nSPS) is 31.2. The molecule has 2 aromatic carbocycles. The first-order chi connectivity index (χ1) is 12.5. The third-order valence-corrected chi connectivity index (χ3v) is 6.65. The summed E-state index contributed by atoms with van der Waals surface area (Å²) in [7, 11) is 0. The molecule has 0 saturated heterocycles. The highest BCUT2D eigenvalue weighted by Crippen LogP contribution is 2.64. The minimum Gasteiger partial charge on any atom is -0.478 e. The van der Waals surface area contributed by atoms with Crippen molar-refractivity contribution in [1.82, 2.24) is 0 Å². The second-order valence-electron chi connectivity index (χ2n) is 7.81. The SMILES string of the molecule is O=C(O)c1cccc2c1N[C@H](c1ccc(F)c(F)c1)[C@@H]1[C@H]3CC[C@@H](C3)[C@H]21. The lowest BCUT2D eigenvalue weighted by atomic mass is 9.67. The number of para-hydroxylation sites is 1. The first kappa shape index (κ1) is 15.8. The number of benzene rings is 2. The molecule has 26 heavy (non-hydrogen) atoms. The summed E-state index contributed by atoms with van der Waals surface area (Å²) >= 11 is 0. The van der Waals surface area contributed by atoms with Crippen LogP contribution in [0.4, 0.5) is 14.5 Å². The van der Waals surface area contributed by atoms with Crippen molar-refractivity contribution in [2.45, 2.75) is 31.2 Å². The van der Waals surface area contributed by atoms with Gasteiger partial charge in [0, 0.05) is 0 Å². The molecule has 2 aliphatic carbocycles. The van der Waals surface area contributed by atoms with Gasteiger partial charge in [0.2, 0.25) is 0 Å². The van der Waals surface area contributed by atoms with Crippen LogP contribution >= 0.6 is 0 Å². The fraction of sp³-hybridized carbons (Fsp3) is 0.381. The maximum absolute atomic E-state index is 13.9. The molecule has 0 amide bonds. The van der Waals surface area contributed by atoms with Crippen molar-refractivity contribution in [3.8, 4) is 0 Å². The van der Waals surface area contributed by atoms with Gasteiger partial charge in [-0.2, -0.15) is 0 Å². The number of hydrogen-bond acceptors (Lipinski definition) is 2. The van der Waals surface area contributed by atoms with Crippen molar-refractivity contribution >= 4 is 11.7 Å². The van der Waals surface area contributed by atoms with Gasteiger partial charge in [0.05, 0.1) is 17.3 Å². The Labute approximate surface area is 150 Å². The molecule has 1 aliphatic heterocycles. The Morgan fingerprint density at radius 3 is 2.65 bits per heavy atom. The molecule has 134 valence electrons. The summed E-state index contributed by atoms with van der Waals surface area (Å²) in [4.78, 5) is 11.7. The summed E-state index contributed by atoms with van der Waals surface area (Å²) in [6.45, 7) is 0. The molecule has 2 saturated carbocycles. The molecule has 2 fully saturated rings. The lowest BCUT2D eigenvalue weighted by molar-refractivity contribution is 0.0697. The van der Waals surface area contributed by atoms with E-state index in [1.165, 1.54) is 6.07 Å². The molecule has 3 aliphatic rings. The van der Waals surface area contributed by atoms with Crippen LogP contribution in [0, 0.1) is 29.4 Å². The van der Waals surface area contributed by atoms with Gasteiger partial charge < -0.3 is 10.4 Å². The van der Waals surface area contributed by atoms with Crippen molar-refractivity contribution in [3.05, 3.63) is 64.7 Å². The molecule has 2 aromatic rings. The van der Waals surface area contributed by atoms with Gasteiger partial charge in [0.15, 0.2) is 11.6 Å². The van der Waals surface area contributed by atoms with Crippen molar-refractivity contribution < 1.29 is 18.7 Å². The molecule has 2 bridgehead atoms. The Morgan fingerprint density at radius 1 is 1.08 bits per heavy atom. The van der Waals surface area contributed by atoms with Crippen LogP contribution in [0.5, 0.6) is 0 Å². The molecule has 0 radical (unpaired) electrons. The molecule has 0 spiro atoms. The lowest BCUT2D eigenvalue weighted by Gasteiger charge is -2.44. The maximum Gasteiger partial charge on any atom is 0.337 e. The highest BCUT2D eigenvalue weighted by Gasteiger charge is 2.54. The quantitative estimate of drug-likeness (QED) is 0.800. The molecule has 0 aromatic heterocycles. The van der Waals surface area contributed by atoms with Crippen molar-refractivity contribution in [2.75, 3.05) is 5.32 Å². The fourth-order valence-electron chi connectivity index (χ4n) is 5.73. The molecule has 2 N–H and O–H groups in total. The summed E-state index contributed by atoms with van der Waals surface area (Å²) in [6.07, 6.45) is 3.45. The van der Waals surface area contributed by atoms with Gasteiger partial charge in [-0.25, -0.2) is 13.6 Å². The van der Waals surface area contributed by atoms with Crippen LogP contribution in [0.15, 0.2) is 36.4 Å². The van der Waals surface area contributed by atoms with Gasteiger partial charge in [-0.05, 0) is 72.3 Å². The number of hydrogen-bond donors (Lipinski definition) is 2. The lowest BCUT2D eigenvalue weighted by Crippen LogP contribution is -2.36. The Bertz CT molecular complexity index is 913. The second kappa shape index (κ2) is 5.53. The number of fused-ring (bicyclic) bond motifs is 7. The number of nitrogens with one attached hydrogen (secondary N) is 1. The average Bonchev–Trinajstić information content (AvgIpc) is 3.25. The van der Waals surface area contributed by atoms with Crippen LogP contribution in [0.25, 0.3) is 0 Å². The largest absolute Gasteiger partial charge is 0.478 e. The van der Waals surface area contributed by atoms with E-state index in [1.807, 2.05) is 12.1 Å². The van der Waals surface area contributed by atoms with Crippen LogP contribution in [0.1, 0.15) is 52.7 Å². The fourth-order valence-corrected chi connectivity index (χ4v) is 5.73. The summed E-state index contributed by atoms with van der Waals surface area (Å²) < 4.78 is 27.3. The van der Waals surface area contributed by atoms with E-state index in [4.69, 9.17) is 0 Å². The van der Waals surface area contributed by atoms with Gasteiger partial charge in [0.1, 0.15) is 0 Å². The number of carbonyl (C=O) groups is 1. The van der Waals surface area contributed by atoms with Gasteiger partial charge in [0.25, 0.3) is 0 Å². The summed E-state index contributed by atoms with van der Waals surface area (Å²) in [6, 6.07) is 9.27. The van der Waals surface area contributed by atoms with Crippen molar-refractivity contribution in [3.63, 3.8) is 0 Å². The predicted octanol–water partition coefficient (Wildman–Crippen LogP) is 4.96. The van der Waals surface area contributed by atoms with E-state index in [1.54, 1.807) is 12.1 Å². The molecule has 1 heterocycles. The van der Waals surface area contributed by atoms with E-state index in [-0.39, 0.29) is 23.4 Å². The van der Waals surface area contributed by atoms with E-state index < -0.39 is 17.6 Å². The Kier molecular flexibility index (Phi) is 3.36. The minimum absolute atomic E-state index is 0.196. The van der Waals surface area contributed by atoms with E-state index >= 15 is 0 Å². The Morgan fingerprint density at radius 2 is 1.88 bits per heavy atom. The molecule has 3 nitrogen and oxygen atoms in total. The topological polar surface area (TPSA) is 49.3 Å². The Balaban J connectivity index is 1.67. The standard InChI is InChI=1S/C21H19F2NO2/c22-15-7-6-12(9-16(15)23)19-18-11-5-4-10(8-11)17(18)13-2-1-3-14(21(25)26)20(13)24-19/h1-3,6-7,9-11,17-19,24H,4-5,8H2,(H,25,26)/t10-,11-,17+,18+,19+/m0/s1. The molecule has 5 atom stereocenters. The summed E-state index contributed by atoms with van der Waals surface area (Å²) in [5, 5.41) is 13.0. The summed E-state index contributed by atoms with van der Waals surface area (Å²) in [5.41, 5.74) is 2.65. The number of halogens is 2. The number of aromatic carboxylic acids is 1. The predicted molar refractivity (Wildman–Crippen MR) is 93.2 cm³/mol. The molecular weight excluding hydrogens is 336 g/mol. The van der Waals surface area contributed by atoms with E-state index in [2.05, 4.69) is 5.32 Å². The van der Waals surface area contributed by atoms with Crippen molar-refractivity contribution in [2.24, 2.45) is 17.8 Å². The highest BCUT2D eigenvalue weighted by molar-refractivity contribution is 5.95. The number of rotatable bonds is 2. The maximum atomic E-state index is 13.9. The third-order valence-electron chi connectivity index (χ3n) is 6.65. The zero-order valence-electron chi connectivity index (χ0n) is 14.1. The first-order valence-corrected chi connectivity index (χ1v) is 9.12. The second-order valence-corrected chi connectivity index (χ2v) is 7.81. The van der Waals surface area contributed by atoms with Crippen LogP contribution in [0.3, 0.4) is 0 Å². The highest BCUT2D eigenvalue weighted by atomic mass is 19.2. The third kappa shape index (κ3) is 2.12. The van der Waals surface area contributed by atoms with Crippen LogP contribution in [-0.4, -0.2) is 11.1 Å². The van der Waals surface area contributed by atoms with Gasteiger partial charge in [-0.1, -0.05) is 18.2 Å². The number of carboxylic acid groups (broad SMARTS) is 1. The van der Waals surface area contributed by atoms with Crippen LogP contribution in [0.2, 0.25) is 0 Å². The Hall–Kier alpha value is -2.43. The monoisotopic (exact) mass is 355 g/mol. The summed E-state index contributed by atoms with van der Waals surface area (Å²) in [5.74, 6) is -1.04. The van der Waals surface area contributed by atoms with Gasteiger partial charge >= 0.3 is 5.97 Å². The van der Waals surface area contributed by atoms with E-state index in [9.17, 15) is 18.7 Å². The smallest absolute Gasteiger partial charge is 0.337 e. The van der Waals surface area contributed by atoms with Crippen molar-refractivity contribution in [1.29, 1.82) is 0 Å². The first-order valence-electron chi connectivity index (χ1n) is 9.12. The van der Waals surface area contributed by atoms with E-state index in [0.29, 0.717) is 23.1 Å². The molecule has 5 heteroatoms. The van der Waals surface area contributed by atoms with Gasteiger partial charge in [-0.15, -0.1) is 0 Å². The number of anilines is 1. The molecule has 0 unspecified atom stereocenters. The minimum atomic E-state index is -0.972. The van der Waals surface area contributed by atoms with E-state index in [0.717, 1.165) is 30.9 Å². The average molecular weight is 355 g/mol. The molecular formula is C21H19F2NO2. The van der Waals surface area contributed by atoms with Crippen LogP contribution in [-0.2, 0) is 0 Å². The van der Waals surface area contributed by atoms with Crippen LogP contribution < -0.4 is 5.32 Å². The zero-order chi connectivity index (χ0) is 18.0. The molecule has 5 rings (SSSR count). The zero-order valence-corrected chi connectivity index (χ0v) is 14.1. The number of carboxylic acids is 1.